The Balaban J connectivity index is 1.14. The van der Waals surface area contributed by atoms with Gasteiger partial charge in [0.15, 0.2) is 0 Å². The molecule has 0 bridgehead atoms. The van der Waals surface area contributed by atoms with Crippen molar-refractivity contribution in [2.24, 2.45) is 0 Å². The number of hydrogen-bond acceptors (Lipinski definition) is 3. The van der Waals surface area contributed by atoms with E-state index >= 15 is 0 Å². The predicted octanol–water partition coefficient (Wildman–Crippen LogP) is 15.1. The highest BCUT2D eigenvalue weighted by Crippen LogP contribution is 2.66. The lowest BCUT2D eigenvalue weighted by atomic mass is 9.33. The van der Waals surface area contributed by atoms with Gasteiger partial charge in [0.1, 0.15) is 0 Å². The molecule has 3 nitrogen and oxygen atoms in total. The van der Waals surface area contributed by atoms with Crippen LogP contribution in [0, 0.1) is 0 Å². The average molecular weight is 902 g/mol. The maximum Gasteiger partial charge on any atom is 0.252 e. The van der Waals surface area contributed by atoms with Crippen molar-refractivity contribution in [1.82, 2.24) is 0 Å². The molecule has 2 saturated carbocycles. The molecule has 0 aromatic heterocycles. The Hall–Kier alpha value is -6.00. The summed E-state index contributed by atoms with van der Waals surface area (Å²) >= 11 is 0. The second-order valence-corrected chi connectivity index (χ2v) is 24.6. The second-order valence-electron chi connectivity index (χ2n) is 24.6. The van der Waals surface area contributed by atoms with Gasteiger partial charge in [0.25, 0.3) is 6.71 Å². The summed E-state index contributed by atoms with van der Waals surface area (Å²) in [5.41, 5.74) is 23.1. The summed E-state index contributed by atoms with van der Waals surface area (Å²) in [5.74, 6) is 0. The molecule has 69 heavy (non-hydrogen) atoms. The minimum Gasteiger partial charge on any atom is -0.335 e. The van der Waals surface area contributed by atoms with Gasteiger partial charge in [-0.1, -0.05) is 183 Å². The SMILES string of the molecule is CC(C)(C)c1ccc(N2c3ccc(C(C)(C)C)cc3B3c4cccc5c4N(c4cc(N6c7ccc(-c8ccccc8)cc7C7(C)CCCCC67C)cc2c43)C2(C)CCCCC52c2ccccc2)cc1. The van der Waals surface area contributed by atoms with Crippen LogP contribution in [-0.4, -0.2) is 17.8 Å². The van der Waals surface area contributed by atoms with E-state index in [2.05, 4.69) is 229 Å². The molecule has 7 aromatic carbocycles. The molecule has 4 atom stereocenters. The quantitative estimate of drug-likeness (QED) is 0.163. The first-order valence-corrected chi connectivity index (χ1v) is 26.3. The fourth-order valence-corrected chi connectivity index (χ4v) is 15.2. The van der Waals surface area contributed by atoms with Gasteiger partial charge in [0.2, 0.25) is 0 Å². The van der Waals surface area contributed by atoms with Gasteiger partial charge in [-0.05, 0) is 148 Å². The Labute approximate surface area is 412 Å². The highest BCUT2D eigenvalue weighted by molar-refractivity contribution is 7.00. The number of anilines is 7. The topological polar surface area (TPSA) is 9.72 Å². The van der Waals surface area contributed by atoms with Crippen molar-refractivity contribution in [3.05, 3.63) is 179 Å². The Morgan fingerprint density at radius 3 is 1.81 bits per heavy atom. The van der Waals surface area contributed by atoms with Crippen LogP contribution in [0.2, 0.25) is 0 Å². The summed E-state index contributed by atoms with van der Waals surface area (Å²) in [7, 11) is 0. The largest absolute Gasteiger partial charge is 0.335 e. The van der Waals surface area contributed by atoms with Crippen molar-refractivity contribution in [1.29, 1.82) is 0 Å². The van der Waals surface area contributed by atoms with E-state index in [0.717, 1.165) is 19.3 Å². The molecular weight excluding hydrogens is 834 g/mol. The van der Waals surface area contributed by atoms with Gasteiger partial charge < -0.3 is 14.7 Å². The fraction of sp³-hybridized carbons (Fsp3) is 0.354. The zero-order valence-electron chi connectivity index (χ0n) is 42.5. The van der Waals surface area contributed by atoms with Crippen molar-refractivity contribution in [2.45, 2.75) is 146 Å². The third-order valence-corrected chi connectivity index (χ3v) is 19.0. The Morgan fingerprint density at radius 2 is 1.09 bits per heavy atom. The zero-order valence-corrected chi connectivity index (χ0v) is 42.5. The van der Waals surface area contributed by atoms with E-state index < -0.39 is 0 Å². The van der Waals surface area contributed by atoms with Crippen molar-refractivity contribution in [3.63, 3.8) is 0 Å². The van der Waals surface area contributed by atoms with Gasteiger partial charge in [-0.3, -0.25) is 0 Å². The number of nitrogens with zero attached hydrogens (tertiary/aromatic N) is 3. The van der Waals surface area contributed by atoms with E-state index in [1.54, 1.807) is 0 Å². The Morgan fingerprint density at radius 1 is 0.449 bits per heavy atom. The van der Waals surface area contributed by atoms with Crippen LogP contribution in [0.1, 0.15) is 141 Å². The van der Waals surface area contributed by atoms with E-state index in [-0.39, 0.29) is 39.5 Å². The number of fused-ring (bicyclic) bond motifs is 10. The molecule has 0 N–H and O–H groups in total. The first kappa shape index (κ1) is 43.1. The second kappa shape index (κ2) is 14.5. The van der Waals surface area contributed by atoms with Crippen LogP contribution >= 0.6 is 0 Å². The molecule has 4 heteroatoms. The van der Waals surface area contributed by atoms with E-state index in [0.29, 0.717) is 0 Å². The summed E-state index contributed by atoms with van der Waals surface area (Å²) in [6.45, 7) is 22.0. The van der Waals surface area contributed by atoms with Crippen LogP contribution in [0.3, 0.4) is 0 Å². The summed E-state index contributed by atoms with van der Waals surface area (Å²) in [6.07, 6.45) is 9.54. The van der Waals surface area contributed by atoms with Gasteiger partial charge in [-0.2, -0.15) is 0 Å². The first-order valence-electron chi connectivity index (χ1n) is 26.3. The third-order valence-electron chi connectivity index (χ3n) is 19.0. The van der Waals surface area contributed by atoms with Crippen LogP contribution in [0.5, 0.6) is 0 Å². The van der Waals surface area contributed by atoms with E-state index in [1.807, 2.05) is 0 Å². The number of para-hydroxylation sites is 1. The monoisotopic (exact) mass is 902 g/mol. The molecule has 0 spiro atoms. The molecule has 4 heterocycles. The average Bonchev–Trinajstić information content (AvgIpc) is 3.72. The molecule has 0 saturated heterocycles. The van der Waals surface area contributed by atoms with Gasteiger partial charge in [-0.15, -0.1) is 0 Å². The Bertz CT molecular complexity index is 3220. The standard InChI is InChI=1S/C65H68BN3/c1-60(2,3)45-28-31-48(32-29-45)67-55-34-30-47(61(4,5)6)40-53(55)66-52-26-20-25-50-59(52)69(64(9)37-18-19-38-65(50,64)46-23-14-11-15-24-46)57-42-49(41-56(67)58(57)66)68-54-33-27-44(43-21-12-10-13-22-43)39-51(54)62(7)35-16-17-36-63(62,68)8/h10-15,20-34,39-42H,16-19,35-38H2,1-9H3. The van der Waals surface area contributed by atoms with Gasteiger partial charge in [0.05, 0.1) is 11.1 Å². The van der Waals surface area contributed by atoms with Crippen LogP contribution in [0.15, 0.2) is 152 Å². The smallest absolute Gasteiger partial charge is 0.252 e. The summed E-state index contributed by atoms with van der Waals surface area (Å²) in [6, 6.07) is 60.0. The normalized spacial score (nSPS) is 25.1. The van der Waals surface area contributed by atoms with Crippen molar-refractivity contribution >= 4 is 62.9 Å². The molecule has 346 valence electrons. The Kier molecular flexibility index (Phi) is 9.07. The molecule has 2 aliphatic carbocycles. The summed E-state index contributed by atoms with van der Waals surface area (Å²) in [5, 5.41) is 0. The molecular formula is C65H68BN3. The molecule has 2 fully saturated rings. The highest BCUT2D eigenvalue weighted by Gasteiger charge is 2.65. The van der Waals surface area contributed by atoms with Crippen LogP contribution in [0.25, 0.3) is 11.1 Å². The lowest BCUT2D eigenvalue weighted by Gasteiger charge is -2.54. The molecule has 4 unspecified atom stereocenters. The highest BCUT2D eigenvalue weighted by atomic mass is 15.3. The molecule has 0 amide bonds. The van der Waals surface area contributed by atoms with E-state index in [9.17, 15) is 0 Å². The predicted molar refractivity (Wildman–Crippen MR) is 294 cm³/mol. The zero-order chi connectivity index (χ0) is 47.5. The van der Waals surface area contributed by atoms with Crippen LogP contribution in [0.4, 0.5) is 39.8 Å². The molecule has 13 rings (SSSR count). The fourth-order valence-electron chi connectivity index (χ4n) is 15.2. The number of hydrogen-bond donors (Lipinski definition) is 0. The van der Waals surface area contributed by atoms with Gasteiger partial charge in [0, 0.05) is 50.6 Å². The van der Waals surface area contributed by atoms with E-state index in [1.165, 1.54) is 127 Å². The summed E-state index contributed by atoms with van der Waals surface area (Å²) < 4.78 is 0. The summed E-state index contributed by atoms with van der Waals surface area (Å²) in [4.78, 5) is 8.47. The van der Waals surface area contributed by atoms with Crippen molar-refractivity contribution in [3.8, 4) is 11.1 Å². The number of rotatable bonds is 4. The molecule has 4 aliphatic heterocycles. The number of benzene rings is 7. The lowest BCUT2D eigenvalue weighted by molar-refractivity contribution is 0.195. The van der Waals surface area contributed by atoms with Crippen LogP contribution < -0.4 is 31.1 Å². The minimum atomic E-state index is -0.189. The van der Waals surface area contributed by atoms with Gasteiger partial charge >= 0.3 is 0 Å². The van der Waals surface area contributed by atoms with Crippen LogP contribution in [-0.2, 0) is 21.7 Å². The molecule has 7 aromatic rings. The maximum absolute atomic E-state index is 2.94. The third kappa shape index (κ3) is 5.69. The molecule has 0 radical (unpaired) electrons. The van der Waals surface area contributed by atoms with Crippen molar-refractivity contribution in [2.75, 3.05) is 14.7 Å². The van der Waals surface area contributed by atoms with E-state index in [4.69, 9.17) is 0 Å². The lowest BCUT2D eigenvalue weighted by Crippen LogP contribution is -2.65. The van der Waals surface area contributed by atoms with Crippen molar-refractivity contribution < 1.29 is 0 Å². The minimum absolute atomic E-state index is 0.00802. The maximum atomic E-state index is 2.94. The van der Waals surface area contributed by atoms with Gasteiger partial charge in [-0.25, -0.2) is 0 Å². The first-order chi connectivity index (χ1) is 33.1. The molecule has 6 aliphatic rings.